The quantitative estimate of drug-likeness (QED) is 0.804. The SMILES string of the molecule is Cc1nc2scc(C)n2c1C(C#N)NCc1ccncc1. The summed E-state index contributed by atoms with van der Waals surface area (Å²) in [6.07, 6.45) is 3.51. The molecule has 0 saturated carbocycles. The molecule has 0 aliphatic rings. The average molecular weight is 297 g/mol. The molecule has 0 aromatic carbocycles. The molecule has 21 heavy (non-hydrogen) atoms. The number of rotatable bonds is 4. The van der Waals surface area contributed by atoms with Crippen molar-refractivity contribution in [2.45, 2.75) is 26.4 Å². The highest BCUT2D eigenvalue weighted by Crippen LogP contribution is 2.25. The Bertz CT molecular complexity index is 797. The van der Waals surface area contributed by atoms with Crippen LogP contribution in [0.3, 0.4) is 0 Å². The van der Waals surface area contributed by atoms with Gasteiger partial charge in [-0.05, 0) is 31.5 Å². The normalized spacial score (nSPS) is 12.4. The largest absolute Gasteiger partial charge is 0.293 e. The standard InChI is InChI=1S/C15H15N5S/c1-10-9-21-15-19-11(2)14(20(10)15)13(7-16)18-8-12-3-5-17-6-4-12/h3-6,9,13,18H,8H2,1-2H3. The minimum atomic E-state index is -0.388. The topological polar surface area (TPSA) is 66.0 Å². The number of nitrogens with zero attached hydrogens (tertiary/aromatic N) is 4. The average Bonchev–Trinajstić information content (AvgIpc) is 3.01. The maximum Gasteiger partial charge on any atom is 0.194 e. The molecule has 106 valence electrons. The Balaban J connectivity index is 1.90. The number of nitriles is 1. The fourth-order valence-corrected chi connectivity index (χ4v) is 3.31. The van der Waals surface area contributed by atoms with E-state index in [1.165, 1.54) is 0 Å². The van der Waals surface area contributed by atoms with Gasteiger partial charge in [0, 0.05) is 30.0 Å². The molecule has 3 aromatic rings. The Morgan fingerprint density at radius 1 is 1.38 bits per heavy atom. The first-order valence-electron chi connectivity index (χ1n) is 6.65. The van der Waals surface area contributed by atoms with Gasteiger partial charge < -0.3 is 0 Å². The van der Waals surface area contributed by atoms with Crippen LogP contribution >= 0.6 is 11.3 Å². The molecule has 3 aromatic heterocycles. The van der Waals surface area contributed by atoms with E-state index < -0.39 is 0 Å². The molecule has 3 rings (SSSR count). The number of imidazole rings is 1. The molecule has 6 heteroatoms. The molecular weight excluding hydrogens is 282 g/mol. The van der Waals surface area contributed by atoms with Crippen LogP contribution < -0.4 is 5.32 Å². The van der Waals surface area contributed by atoms with Crippen molar-refractivity contribution in [3.8, 4) is 6.07 Å². The predicted octanol–water partition coefficient (Wildman–Crippen LogP) is 2.76. The number of fused-ring (bicyclic) bond motifs is 1. The minimum absolute atomic E-state index is 0.388. The summed E-state index contributed by atoms with van der Waals surface area (Å²) >= 11 is 1.60. The molecule has 0 aliphatic heterocycles. The molecule has 0 bridgehead atoms. The third kappa shape index (κ3) is 2.53. The number of hydrogen-bond acceptors (Lipinski definition) is 5. The zero-order valence-corrected chi connectivity index (χ0v) is 12.7. The minimum Gasteiger partial charge on any atom is -0.293 e. The van der Waals surface area contributed by atoms with Crippen LogP contribution in [0.5, 0.6) is 0 Å². The summed E-state index contributed by atoms with van der Waals surface area (Å²) in [5.41, 5.74) is 4.04. The summed E-state index contributed by atoms with van der Waals surface area (Å²) in [7, 11) is 0. The van der Waals surface area contributed by atoms with Crippen molar-refractivity contribution < 1.29 is 0 Å². The molecule has 0 saturated heterocycles. The molecule has 1 unspecified atom stereocenters. The maximum atomic E-state index is 9.53. The number of nitrogens with one attached hydrogen (secondary N) is 1. The lowest BCUT2D eigenvalue weighted by Crippen LogP contribution is -2.21. The van der Waals surface area contributed by atoms with Crippen molar-refractivity contribution in [1.82, 2.24) is 19.7 Å². The Kier molecular flexibility index (Phi) is 3.69. The summed E-state index contributed by atoms with van der Waals surface area (Å²) in [6.45, 7) is 4.61. The van der Waals surface area contributed by atoms with Crippen molar-refractivity contribution >= 4 is 16.3 Å². The first-order valence-corrected chi connectivity index (χ1v) is 7.53. The van der Waals surface area contributed by atoms with Gasteiger partial charge in [-0.2, -0.15) is 5.26 Å². The third-order valence-electron chi connectivity index (χ3n) is 3.42. The molecule has 0 amide bonds. The van der Waals surface area contributed by atoms with Crippen LogP contribution in [0.1, 0.15) is 28.7 Å². The lowest BCUT2D eigenvalue weighted by atomic mass is 10.1. The van der Waals surface area contributed by atoms with Crippen molar-refractivity contribution in [2.75, 3.05) is 0 Å². The van der Waals surface area contributed by atoms with Crippen LogP contribution in [-0.2, 0) is 6.54 Å². The van der Waals surface area contributed by atoms with E-state index in [1.807, 2.05) is 26.0 Å². The number of aromatic nitrogens is 3. The second kappa shape index (κ2) is 5.64. The van der Waals surface area contributed by atoms with E-state index in [9.17, 15) is 5.26 Å². The van der Waals surface area contributed by atoms with Gasteiger partial charge in [-0.25, -0.2) is 4.98 Å². The van der Waals surface area contributed by atoms with Crippen LogP contribution in [0, 0.1) is 25.2 Å². The lowest BCUT2D eigenvalue weighted by molar-refractivity contribution is 0.608. The summed E-state index contributed by atoms with van der Waals surface area (Å²) in [5.74, 6) is 0. The van der Waals surface area contributed by atoms with Crippen LogP contribution in [0.2, 0.25) is 0 Å². The zero-order chi connectivity index (χ0) is 14.8. The smallest absolute Gasteiger partial charge is 0.194 e. The van der Waals surface area contributed by atoms with Gasteiger partial charge in [0.2, 0.25) is 0 Å². The van der Waals surface area contributed by atoms with E-state index in [0.717, 1.165) is 27.6 Å². The molecule has 0 radical (unpaired) electrons. The highest BCUT2D eigenvalue weighted by molar-refractivity contribution is 7.15. The highest BCUT2D eigenvalue weighted by Gasteiger charge is 2.20. The van der Waals surface area contributed by atoms with E-state index in [2.05, 4.69) is 31.1 Å². The Labute approximate surface area is 126 Å². The highest BCUT2D eigenvalue weighted by atomic mass is 32.1. The molecule has 0 fully saturated rings. The van der Waals surface area contributed by atoms with Crippen molar-refractivity contribution in [1.29, 1.82) is 5.26 Å². The van der Waals surface area contributed by atoms with Gasteiger partial charge in [0.05, 0.1) is 17.5 Å². The zero-order valence-electron chi connectivity index (χ0n) is 11.9. The maximum absolute atomic E-state index is 9.53. The van der Waals surface area contributed by atoms with Crippen LogP contribution in [0.15, 0.2) is 29.9 Å². The number of thiazole rings is 1. The molecule has 3 heterocycles. The first-order chi connectivity index (χ1) is 10.2. The predicted molar refractivity (Wildman–Crippen MR) is 82.0 cm³/mol. The van der Waals surface area contributed by atoms with Gasteiger partial charge in [-0.3, -0.25) is 14.7 Å². The van der Waals surface area contributed by atoms with Gasteiger partial charge in [-0.1, -0.05) is 0 Å². The summed E-state index contributed by atoms with van der Waals surface area (Å²) in [4.78, 5) is 9.47. The third-order valence-corrected chi connectivity index (χ3v) is 4.36. The Morgan fingerprint density at radius 3 is 2.86 bits per heavy atom. The molecular formula is C15H15N5S. The fourth-order valence-electron chi connectivity index (χ4n) is 2.39. The molecule has 5 nitrogen and oxygen atoms in total. The lowest BCUT2D eigenvalue weighted by Gasteiger charge is -2.12. The van der Waals surface area contributed by atoms with E-state index in [-0.39, 0.29) is 6.04 Å². The number of aryl methyl sites for hydroxylation is 2. The summed E-state index contributed by atoms with van der Waals surface area (Å²) < 4.78 is 2.06. The van der Waals surface area contributed by atoms with Crippen LogP contribution in [0.25, 0.3) is 4.96 Å². The Morgan fingerprint density at radius 2 is 2.14 bits per heavy atom. The van der Waals surface area contributed by atoms with Crippen LogP contribution in [0.4, 0.5) is 0 Å². The van der Waals surface area contributed by atoms with E-state index >= 15 is 0 Å². The molecule has 1 N–H and O–H groups in total. The molecule has 0 spiro atoms. The number of hydrogen-bond donors (Lipinski definition) is 1. The van der Waals surface area contributed by atoms with Gasteiger partial charge >= 0.3 is 0 Å². The Hall–Kier alpha value is -2.23. The van der Waals surface area contributed by atoms with Gasteiger partial charge in [0.1, 0.15) is 6.04 Å². The van der Waals surface area contributed by atoms with E-state index in [1.54, 1.807) is 23.7 Å². The van der Waals surface area contributed by atoms with E-state index in [4.69, 9.17) is 0 Å². The molecule has 0 aliphatic carbocycles. The second-order valence-electron chi connectivity index (χ2n) is 4.88. The molecule has 1 atom stereocenters. The van der Waals surface area contributed by atoms with Gasteiger partial charge in [0.15, 0.2) is 4.96 Å². The van der Waals surface area contributed by atoms with Crippen LogP contribution in [-0.4, -0.2) is 14.4 Å². The first kappa shape index (κ1) is 13.7. The van der Waals surface area contributed by atoms with Crippen molar-refractivity contribution in [3.63, 3.8) is 0 Å². The van der Waals surface area contributed by atoms with Gasteiger partial charge in [-0.15, -0.1) is 11.3 Å². The summed E-state index contributed by atoms with van der Waals surface area (Å²) in [5, 5.41) is 14.9. The van der Waals surface area contributed by atoms with Crippen molar-refractivity contribution in [3.05, 3.63) is 52.6 Å². The monoisotopic (exact) mass is 297 g/mol. The second-order valence-corrected chi connectivity index (χ2v) is 5.71. The van der Waals surface area contributed by atoms with Crippen molar-refractivity contribution in [2.24, 2.45) is 0 Å². The van der Waals surface area contributed by atoms with E-state index in [0.29, 0.717) is 6.54 Å². The fraction of sp³-hybridized carbons (Fsp3) is 0.267. The summed E-state index contributed by atoms with van der Waals surface area (Å²) in [6, 6.07) is 5.84. The number of pyridine rings is 1. The van der Waals surface area contributed by atoms with Gasteiger partial charge in [0.25, 0.3) is 0 Å².